The van der Waals surface area contributed by atoms with Gasteiger partial charge in [-0.15, -0.1) is 23.2 Å². The second kappa shape index (κ2) is 5.98. The Balaban J connectivity index is 2.11. The minimum Gasteiger partial charge on any atom is -0.704 e. The van der Waals surface area contributed by atoms with Crippen molar-refractivity contribution in [3.05, 3.63) is 10.1 Å². The van der Waals surface area contributed by atoms with E-state index >= 15 is 0 Å². The van der Waals surface area contributed by atoms with E-state index in [2.05, 4.69) is 0 Å². The van der Waals surface area contributed by atoms with Crippen molar-refractivity contribution in [2.45, 2.75) is 87.0 Å². The molecule has 0 bridgehead atoms. The summed E-state index contributed by atoms with van der Waals surface area (Å²) in [6, 6.07) is -0.908. The van der Waals surface area contributed by atoms with Crippen LogP contribution in [0, 0.1) is 10.1 Å². The Morgan fingerprint density at radius 3 is 2.15 bits per heavy atom. The second-order valence-electron chi connectivity index (χ2n) is 6.68. The molecule has 0 aromatic heterocycles. The predicted molar refractivity (Wildman–Crippen MR) is 81.9 cm³/mol. The molecule has 2 fully saturated rings. The molecule has 0 amide bonds. The summed E-state index contributed by atoms with van der Waals surface area (Å²) >= 11 is 12.9. The molecule has 0 saturated heterocycles. The maximum Gasteiger partial charge on any atom is 0.252 e. The minimum absolute atomic E-state index is 0.454. The molecule has 116 valence electrons. The van der Waals surface area contributed by atoms with Crippen LogP contribution in [0.4, 0.5) is 0 Å². The van der Waals surface area contributed by atoms with Gasteiger partial charge < -0.3 is 5.21 Å². The van der Waals surface area contributed by atoms with Gasteiger partial charge in [0.15, 0.2) is 0 Å². The van der Waals surface area contributed by atoms with Crippen LogP contribution < -0.4 is 0 Å². The lowest BCUT2D eigenvalue weighted by molar-refractivity contribution is -0.735. The van der Waals surface area contributed by atoms with E-state index in [-0.39, 0.29) is 0 Å². The van der Waals surface area contributed by atoms with Crippen molar-refractivity contribution in [3.8, 4) is 0 Å². The molecule has 2 aliphatic carbocycles. The summed E-state index contributed by atoms with van der Waals surface area (Å²) in [5.41, 5.74) is 0. The zero-order valence-electron chi connectivity index (χ0n) is 12.3. The lowest BCUT2D eigenvalue weighted by Crippen LogP contribution is -2.56. The molecule has 2 aliphatic rings. The Hall–Kier alpha value is -0.0600. The molecule has 4 unspecified atom stereocenters. The smallest absolute Gasteiger partial charge is 0.252 e. The standard InChI is InChI=1S/C14H24Cl2N2O2/c1-13(15)9-5-3-7-11(13)17(19)18(20)12-8-4-6-10-14(12,2)16/h11-12H,3-10H2,1-2H3. The normalized spacial score (nSPS) is 42.2. The molecule has 0 radical (unpaired) electrons. The lowest BCUT2D eigenvalue weighted by Gasteiger charge is -2.43. The van der Waals surface area contributed by atoms with E-state index in [1.807, 2.05) is 13.8 Å². The SMILES string of the molecule is CC1(Cl)CCCCC1N([O-])[N+](=O)C1CCCCC1(C)Cl. The predicted octanol–water partition coefficient (Wildman–Crippen LogP) is 4.36. The van der Waals surface area contributed by atoms with Gasteiger partial charge in [-0.1, -0.05) is 19.3 Å². The Labute approximate surface area is 130 Å². The van der Waals surface area contributed by atoms with Crippen molar-refractivity contribution in [3.63, 3.8) is 0 Å². The summed E-state index contributed by atoms with van der Waals surface area (Å²) in [6.45, 7) is 3.72. The van der Waals surface area contributed by atoms with Crippen LogP contribution in [0.3, 0.4) is 0 Å². The van der Waals surface area contributed by atoms with Gasteiger partial charge in [0.2, 0.25) is 0 Å². The first-order valence-electron chi connectivity index (χ1n) is 7.56. The average Bonchev–Trinajstić information content (AvgIpc) is 2.36. The van der Waals surface area contributed by atoms with Crippen LogP contribution in [-0.2, 0) is 0 Å². The van der Waals surface area contributed by atoms with Crippen LogP contribution in [-0.4, -0.2) is 31.9 Å². The highest BCUT2D eigenvalue weighted by atomic mass is 35.5. The molecule has 2 saturated carbocycles. The number of hydrazine groups is 1. The number of hydroxylamine groups is 1. The largest absolute Gasteiger partial charge is 0.704 e. The first-order chi connectivity index (χ1) is 9.26. The van der Waals surface area contributed by atoms with Crippen LogP contribution in [0.2, 0.25) is 0 Å². The summed E-state index contributed by atoms with van der Waals surface area (Å²) in [5.74, 6) is 0. The van der Waals surface area contributed by atoms with E-state index < -0.39 is 21.8 Å². The van der Waals surface area contributed by atoms with E-state index in [1.165, 1.54) is 0 Å². The first-order valence-corrected chi connectivity index (χ1v) is 8.32. The third kappa shape index (κ3) is 3.23. The van der Waals surface area contributed by atoms with E-state index in [1.54, 1.807) is 0 Å². The zero-order valence-corrected chi connectivity index (χ0v) is 13.8. The Bertz CT molecular complexity index is 374. The van der Waals surface area contributed by atoms with Crippen molar-refractivity contribution in [1.82, 2.24) is 5.17 Å². The Morgan fingerprint density at radius 1 is 1.05 bits per heavy atom. The molecule has 4 nitrogen and oxygen atoms in total. The van der Waals surface area contributed by atoms with E-state index in [0.717, 1.165) is 38.5 Å². The fourth-order valence-corrected chi connectivity index (χ4v) is 4.16. The third-order valence-electron chi connectivity index (χ3n) is 4.90. The van der Waals surface area contributed by atoms with E-state index in [4.69, 9.17) is 23.2 Å². The summed E-state index contributed by atoms with van der Waals surface area (Å²) in [4.78, 5) is 11.8. The number of nitrogens with zero attached hydrogens (tertiary/aromatic N) is 2. The van der Waals surface area contributed by atoms with Crippen molar-refractivity contribution >= 4 is 23.2 Å². The molecule has 0 N–H and O–H groups in total. The fourth-order valence-electron chi connectivity index (χ4n) is 3.51. The van der Waals surface area contributed by atoms with Crippen molar-refractivity contribution < 1.29 is 4.87 Å². The molecular formula is C14H24Cl2N2O2. The second-order valence-corrected chi connectivity index (χ2v) is 8.41. The molecule has 6 heteroatoms. The fraction of sp³-hybridized carbons (Fsp3) is 1.00. The number of halogens is 2. The van der Waals surface area contributed by atoms with Crippen molar-refractivity contribution in [2.75, 3.05) is 0 Å². The Morgan fingerprint density at radius 2 is 1.60 bits per heavy atom. The van der Waals surface area contributed by atoms with E-state index in [9.17, 15) is 10.1 Å². The van der Waals surface area contributed by atoms with Gasteiger partial charge in [-0.2, -0.15) is 5.17 Å². The molecule has 4 atom stereocenters. The van der Waals surface area contributed by atoms with Crippen LogP contribution in [0.15, 0.2) is 0 Å². The molecule has 0 aromatic rings. The highest BCUT2D eigenvalue weighted by Gasteiger charge is 2.49. The number of hydrogen-bond donors (Lipinski definition) is 0. The Kier molecular flexibility index (Phi) is 4.87. The van der Waals surface area contributed by atoms with Gasteiger partial charge >= 0.3 is 0 Å². The summed E-state index contributed by atoms with van der Waals surface area (Å²) in [5, 5.41) is 13.1. The maximum absolute atomic E-state index is 12.5. The number of nitroso groups, excluding NO2 is 1. The third-order valence-corrected chi connectivity index (χ3v) is 5.79. The topological polar surface area (TPSA) is 46.4 Å². The molecule has 0 spiro atoms. The van der Waals surface area contributed by atoms with Gasteiger partial charge in [-0.05, 0) is 39.5 Å². The quantitative estimate of drug-likeness (QED) is 0.440. The first kappa shape index (κ1) is 16.3. The molecular weight excluding hydrogens is 299 g/mol. The summed E-state index contributed by atoms with van der Waals surface area (Å²) in [7, 11) is 0. The maximum atomic E-state index is 12.5. The van der Waals surface area contributed by atoms with Crippen LogP contribution in [0.25, 0.3) is 0 Å². The van der Waals surface area contributed by atoms with Crippen LogP contribution >= 0.6 is 23.2 Å². The van der Waals surface area contributed by atoms with E-state index in [0.29, 0.717) is 22.9 Å². The number of rotatable bonds is 3. The zero-order chi connectivity index (χ0) is 15.0. The monoisotopic (exact) mass is 322 g/mol. The number of hydrogen-bond acceptors (Lipinski definition) is 2. The minimum atomic E-state index is -0.625. The molecule has 0 heterocycles. The molecule has 2 rings (SSSR count). The molecule has 0 aromatic carbocycles. The van der Waals surface area contributed by atoms with Gasteiger partial charge in [-0.3, -0.25) is 0 Å². The summed E-state index contributed by atoms with van der Waals surface area (Å²) in [6.07, 6.45) is 6.82. The highest BCUT2D eigenvalue weighted by Crippen LogP contribution is 2.40. The molecule has 20 heavy (non-hydrogen) atoms. The summed E-state index contributed by atoms with van der Waals surface area (Å²) < 4.78 is 0. The van der Waals surface area contributed by atoms with Gasteiger partial charge in [0.25, 0.3) is 6.04 Å². The molecule has 0 aliphatic heterocycles. The van der Waals surface area contributed by atoms with Gasteiger partial charge in [0, 0.05) is 6.42 Å². The van der Waals surface area contributed by atoms with Gasteiger partial charge in [-0.25, -0.2) is 0 Å². The van der Waals surface area contributed by atoms with Crippen LogP contribution in [0.5, 0.6) is 0 Å². The highest BCUT2D eigenvalue weighted by molar-refractivity contribution is 6.24. The van der Waals surface area contributed by atoms with Crippen molar-refractivity contribution in [1.29, 1.82) is 0 Å². The van der Waals surface area contributed by atoms with Gasteiger partial charge in [0.05, 0.1) is 15.8 Å². The lowest BCUT2D eigenvalue weighted by atomic mass is 9.84. The van der Waals surface area contributed by atoms with Gasteiger partial charge in [0.1, 0.15) is 9.74 Å². The van der Waals surface area contributed by atoms with Crippen molar-refractivity contribution in [2.24, 2.45) is 0 Å². The van der Waals surface area contributed by atoms with Crippen LogP contribution in [0.1, 0.15) is 65.2 Å². The number of alkyl halides is 2. The average molecular weight is 323 g/mol.